The predicted molar refractivity (Wildman–Crippen MR) is 133 cm³/mol. The second-order valence-corrected chi connectivity index (χ2v) is 10.4. The average molecular weight is 530 g/mol. The number of nitrogens with zero attached hydrogens (tertiary/aromatic N) is 4. The van der Waals surface area contributed by atoms with Crippen molar-refractivity contribution >= 4 is 17.1 Å². The van der Waals surface area contributed by atoms with Crippen LogP contribution in [0.3, 0.4) is 0 Å². The van der Waals surface area contributed by atoms with E-state index < -0.39 is 6.36 Å². The molecule has 3 aliphatic heterocycles. The van der Waals surface area contributed by atoms with E-state index in [1.165, 1.54) is 24.3 Å². The van der Waals surface area contributed by atoms with Crippen molar-refractivity contribution in [2.45, 2.75) is 49.9 Å². The Bertz CT molecular complexity index is 1280. The number of benzene rings is 1. The van der Waals surface area contributed by atoms with Crippen molar-refractivity contribution in [2.75, 3.05) is 39.4 Å². The van der Waals surface area contributed by atoms with Crippen molar-refractivity contribution in [1.29, 1.82) is 0 Å². The van der Waals surface area contributed by atoms with Crippen LogP contribution in [-0.4, -0.2) is 82.5 Å². The molecular weight excluding hydrogens is 499 g/mol. The van der Waals surface area contributed by atoms with Crippen LogP contribution in [0.15, 0.2) is 36.5 Å². The molecule has 5 heterocycles. The van der Waals surface area contributed by atoms with Crippen LogP contribution in [0.4, 0.5) is 13.2 Å². The first-order valence-electron chi connectivity index (χ1n) is 13.2. The van der Waals surface area contributed by atoms with Gasteiger partial charge in [0.25, 0.3) is 5.91 Å². The highest BCUT2D eigenvalue weighted by atomic mass is 19.4. The number of ether oxygens (including phenoxy) is 2. The molecule has 0 unspecified atom stereocenters. The summed E-state index contributed by atoms with van der Waals surface area (Å²) < 4.78 is 46.4. The molecule has 0 atom stereocenters. The third-order valence-corrected chi connectivity index (χ3v) is 8.04. The van der Waals surface area contributed by atoms with Crippen LogP contribution in [0.5, 0.6) is 5.75 Å². The Labute approximate surface area is 218 Å². The first-order valence-corrected chi connectivity index (χ1v) is 13.2. The van der Waals surface area contributed by atoms with Gasteiger partial charge in [-0.3, -0.25) is 9.69 Å². The lowest BCUT2D eigenvalue weighted by atomic mass is 9.89. The van der Waals surface area contributed by atoms with Gasteiger partial charge in [-0.05, 0) is 80.6 Å². The molecule has 38 heavy (non-hydrogen) atoms. The van der Waals surface area contributed by atoms with Gasteiger partial charge in [0.05, 0.1) is 19.3 Å². The minimum Gasteiger partial charge on any atom is -0.406 e. The SMILES string of the molecule is O=C(c1ccc(OC(F)(F)F)cc1)N1CCC(c2ccnc3[nH]c(C4CCN(C5COC5)CC4)nc23)CC1. The second-order valence-electron chi connectivity index (χ2n) is 10.4. The zero-order valence-corrected chi connectivity index (χ0v) is 20.9. The number of aromatic nitrogens is 3. The van der Waals surface area contributed by atoms with Crippen LogP contribution in [-0.2, 0) is 4.74 Å². The van der Waals surface area contributed by atoms with E-state index in [0.29, 0.717) is 30.6 Å². The molecule has 6 rings (SSSR count). The summed E-state index contributed by atoms with van der Waals surface area (Å²) in [6, 6.07) is 7.69. The number of H-pyrrole nitrogens is 1. The Hall–Kier alpha value is -3.18. The van der Waals surface area contributed by atoms with E-state index >= 15 is 0 Å². The number of fused-ring (bicyclic) bond motifs is 1. The summed E-state index contributed by atoms with van der Waals surface area (Å²) in [5, 5.41) is 0. The van der Waals surface area contributed by atoms with Crippen LogP contribution in [0.2, 0.25) is 0 Å². The minimum absolute atomic E-state index is 0.191. The molecule has 3 saturated heterocycles. The Morgan fingerprint density at radius 1 is 0.974 bits per heavy atom. The quantitative estimate of drug-likeness (QED) is 0.526. The highest BCUT2D eigenvalue weighted by molar-refractivity contribution is 5.94. The summed E-state index contributed by atoms with van der Waals surface area (Å²) in [7, 11) is 0. The van der Waals surface area contributed by atoms with E-state index in [9.17, 15) is 18.0 Å². The number of nitrogens with one attached hydrogen (secondary N) is 1. The van der Waals surface area contributed by atoms with E-state index in [1.807, 2.05) is 12.3 Å². The molecule has 0 aliphatic carbocycles. The van der Waals surface area contributed by atoms with Gasteiger partial charge < -0.3 is 19.4 Å². The minimum atomic E-state index is -4.76. The molecule has 3 aromatic rings. The summed E-state index contributed by atoms with van der Waals surface area (Å²) in [6.45, 7) is 4.93. The largest absolute Gasteiger partial charge is 0.573 e. The molecule has 1 amide bonds. The van der Waals surface area contributed by atoms with Crippen molar-refractivity contribution in [1.82, 2.24) is 24.8 Å². The number of halogens is 3. The van der Waals surface area contributed by atoms with Gasteiger partial charge in [-0.25, -0.2) is 9.97 Å². The molecule has 1 aromatic carbocycles. The molecule has 0 bridgehead atoms. The maximum Gasteiger partial charge on any atom is 0.573 e. The van der Waals surface area contributed by atoms with Crippen molar-refractivity contribution < 1.29 is 27.4 Å². The zero-order valence-electron chi connectivity index (χ0n) is 20.9. The number of hydrogen-bond acceptors (Lipinski definition) is 6. The average Bonchev–Trinajstić information content (AvgIpc) is 3.32. The molecule has 3 aliphatic rings. The standard InChI is InChI=1S/C27H30F3N5O3/c28-27(29,30)38-21-3-1-19(2-4-21)26(36)35-13-6-17(7-14-35)22-5-10-31-25-23(22)32-24(33-25)18-8-11-34(12-9-18)20-15-37-16-20/h1-5,10,17-18,20H,6-9,11-16H2,(H,31,32,33). The number of imidazole rings is 1. The van der Waals surface area contributed by atoms with Crippen molar-refractivity contribution in [2.24, 2.45) is 0 Å². The fourth-order valence-electron chi connectivity index (χ4n) is 5.82. The highest BCUT2D eigenvalue weighted by Crippen LogP contribution is 2.35. The van der Waals surface area contributed by atoms with Crippen LogP contribution in [0.1, 0.15) is 59.3 Å². The summed E-state index contributed by atoms with van der Waals surface area (Å²) in [6.07, 6.45) is 0.754. The number of alkyl halides is 3. The van der Waals surface area contributed by atoms with Gasteiger partial charge in [-0.2, -0.15) is 0 Å². The number of aromatic amines is 1. The smallest absolute Gasteiger partial charge is 0.406 e. The van der Waals surface area contributed by atoms with Gasteiger partial charge in [0.1, 0.15) is 17.1 Å². The van der Waals surface area contributed by atoms with Gasteiger partial charge in [0, 0.05) is 30.8 Å². The maximum absolute atomic E-state index is 12.9. The lowest BCUT2D eigenvalue weighted by Gasteiger charge is -2.41. The van der Waals surface area contributed by atoms with Gasteiger partial charge >= 0.3 is 6.36 Å². The number of pyridine rings is 1. The molecule has 2 aromatic heterocycles. The monoisotopic (exact) mass is 529 g/mol. The third kappa shape index (κ3) is 5.22. The lowest BCUT2D eigenvalue weighted by Crippen LogP contribution is -2.51. The fourth-order valence-corrected chi connectivity index (χ4v) is 5.82. The van der Waals surface area contributed by atoms with Crippen molar-refractivity contribution in [3.63, 3.8) is 0 Å². The van der Waals surface area contributed by atoms with E-state index in [1.54, 1.807) is 4.90 Å². The Morgan fingerprint density at radius 2 is 1.66 bits per heavy atom. The number of carbonyl (C=O) groups excluding carboxylic acids is 1. The van der Waals surface area contributed by atoms with Crippen molar-refractivity contribution in [3.05, 3.63) is 53.5 Å². The van der Waals surface area contributed by atoms with E-state index in [0.717, 1.165) is 74.5 Å². The van der Waals surface area contributed by atoms with Crippen molar-refractivity contribution in [3.8, 4) is 5.75 Å². The summed E-state index contributed by atoms with van der Waals surface area (Å²) in [5.74, 6) is 1.12. The van der Waals surface area contributed by atoms with Gasteiger partial charge in [0.2, 0.25) is 0 Å². The van der Waals surface area contributed by atoms with Crippen LogP contribution >= 0.6 is 0 Å². The highest BCUT2D eigenvalue weighted by Gasteiger charge is 2.33. The van der Waals surface area contributed by atoms with Gasteiger partial charge in [0.15, 0.2) is 5.65 Å². The molecule has 202 valence electrons. The second kappa shape index (κ2) is 10.2. The van der Waals surface area contributed by atoms with Gasteiger partial charge in [-0.1, -0.05) is 0 Å². The zero-order chi connectivity index (χ0) is 26.3. The molecule has 11 heteroatoms. The molecule has 1 N–H and O–H groups in total. The number of rotatable bonds is 5. The lowest BCUT2D eigenvalue weighted by molar-refractivity contribution is -0.274. The van der Waals surface area contributed by atoms with E-state index in [-0.39, 0.29) is 17.6 Å². The number of piperidine rings is 2. The Kier molecular flexibility index (Phi) is 6.73. The summed E-state index contributed by atoms with van der Waals surface area (Å²) in [5.41, 5.74) is 3.23. The van der Waals surface area contributed by atoms with Crippen LogP contribution in [0.25, 0.3) is 11.2 Å². The number of amides is 1. The molecular formula is C27H30F3N5O3. The molecule has 0 saturated carbocycles. The number of hydrogen-bond donors (Lipinski definition) is 1. The van der Waals surface area contributed by atoms with Crippen LogP contribution < -0.4 is 4.74 Å². The summed E-state index contributed by atoms with van der Waals surface area (Å²) in [4.78, 5) is 30.2. The first kappa shape index (κ1) is 25.1. The van der Waals surface area contributed by atoms with Gasteiger partial charge in [-0.15, -0.1) is 13.2 Å². The fraction of sp³-hybridized carbons (Fsp3) is 0.519. The third-order valence-electron chi connectivity index (χ3n) is 8.04. The molecule has 8 nitrogen and oxygen atoms in total. The predicted octanol–water partition coefficient (Wildman–Crippen LogP) is 4.45. The normalized spacial score (nSPS) is 20.6. The van der Waals surface area contributed by atoms with E-state index in [2.05, 4.69) is 19.6 Å². The maximum atomic E-state index is 12.9. The molecule has 0 spiro atoms. The van der Waals surface area contributed by atoms with E-state index in [4.69, 9.17) is 9.72 Å². The Morgan fingerprint density at radius 3 is 2.29 bits per heavy atom. The topological polar surface area (TPSA) is 83.6 Å². The first-order chi connectivity index (χ1) is 18.3. The number of carbonyl (C=O) groups is 1. The summed E-state index contributed by atoms with van der Waals surface area (Å²) >= 11 is 0. The molecule has 3 fully saturated rings. The Balaban J connectivity index is 1.09. The molecule has 0 radical (unpaired) electrons. The van der Waals surface area contributed by atoms with Crippen LogP contribution in [0, 0.1) is 0 Å². The number of likely N-dealkylation sites (tertiary alicyclic amines) is 2.